The van der Waals surface area contributed by atoms with Crippen LogP contribution >= 0.6 is 11.3 Å². The molecule has 3 aromatic rings. The Balaban J connectivity index is 1.55. The highest BCUT2D eigenvalue weighted by Crippen LogP contribution is 2.41. The van der Waals surface area contributed by atoms with Gasteiger partial charge < -0.3 is 15.4 Å². The third kappa shape index (κ3) is 8.13. The SMILES string of the molecule is C=COC(=O)N[C@@H](Cc1ccccc1)C(=O)N[C@@H](Cc1ccc(NS(=O)(=O)O)cc1)c1nc(C2CC2)cs1. The topological polar surface area (TPSA) is 147 Å². The fourth-order valence-corrected chi connectivity index (χ4v) is 5.29. The van der Waals surface area contributed by atoms with Crippen LogP contribution in [0, 0.1) is 0 Å². The van der Waals surface area contributed by atoms with Gasteiger partial charge in [-0.15, -0.1) is 11.3 Å². The first-order valence-electron chi connectivity index (χ1n) is 11.9. The average molecular weight is 557 g/mol. The van der Waals surface area contributed by atoms with Crippen LogP contribution in [0.25, 0.3) is 0 Å². The molecule has 0 unspecified atom stereocenters. The van der Waals surface area contributed by atoms with Gasteiger partial charge in [0.2, 0.25) is 5.91 Å². The molecule has 4 rings (SSSR count). The number of ether oxygens (including phenoxy) is 1. The third-order valence-corrected chi connectivity index (χ3v) is 7.34. The van der Waals surface area contributed by atoms with Crippen LogP contribution in [-0.4, -0.2) is 36.0 Å². The fourth-order valence-electron chi connectivity index (χ4n) is 3.90. The van der Waals surface area contributed by atoms with Crippen LogP contribution in [0.1, 0.15) is 46.6 Å². The van der Waals surface area contributed by atoms with E-state index in [4.69, 9.17) is 14.3 Å². The van der Waals surface area contributed by atoms with Crippen LogP contribution in [0.4, 0.5) is 10.5 Å². The summed E-state index contributed by atoms with van der Waals surface area (Å²) >= 11 is 1.46. The van der Waals surface area contributed by atoms with E-state index in [0.717, 1.165) is 40.9 Å². The Bertz CT molecular complexity index is 1370. The molecule has 0 radical (unpaired) electrons. The number of anilines is 1. The third-order valence-electron chi connectivity index (χ3n) is 5.87. The van der Waals surface area contributed by atoms with Crippen molar-refractivity contribution in [3.63, 3.8) is 0 Å². The first kappa shape index (κ1) is 27.3. The predicted molar refractivity (Wildman–Crippen MR) is 144 cm³/mol. The quantitative estimate of drug-likeness (QED) is 0.194. The van der Waals surface area contributed by atoms with E-state index < -0.39 is 34.4 Å². The van der Waals surface area contributed by atoms with Gasteiger partial charge in [0, 0.05) is 17.7 Å². The number of hydrogen-bond donors (Lipinski definition) is 4. The zero-order chi connectivity index (χ0) is 27.1. The zero-order valence-corrected chi connectivity index (χ0v) is 22.0. The average Bonchev–Trinajstić information content (AvgIpc) is 3.60. The van der Waals surface area contributed by atoms with E-state index in [1.165, 1.54) is 23.5 Å². The highest BCUT2D eigenvalue weighted by atomic mass is 32.2. The summed E-state index contributed by atoms with van der Waals surface area (Å²) in [6.45, 7) is 3.38. The number of nitrogens with zero attached hydrogens (tertiary/aromatic N) is 1. The number of alkyl carbamates (subject to hydrolysis) is 1. The van der Waals surface area contributed by atoms with Crippen LogP contribution in [0.15, 0.2) is 72.8 Å². The maximum Gasteiger partial charge on any atom is 0.412 e. The normalized spacial score (nSPS) is 14.7. The van der Waals surface area contributed by atoms with Gasteiger partial charge in [-0.25, -0.2) is 9.78 Å². The van der Waals surface area contributed by atoms with Gasteiger partial charge in [0.15, 0.2) is 0 Å². The highest BCUT2D eigenvalue weighted by molar-refractivity contribution is 7.87. The molecule has 10 nitrogen and oxygen atoms in total. The Kier molecular flexibility index (Phi) is 8.77. The molecule has 1 aliphatic rings. The Morgan fingerprint density at radius 1 is 1.08 bits per heavy atom. The molecule has 12 heteroatoms. The minimum Gasteiger partial charge on any atom is -0.419 e. The van der Waals surface area contributed by atoms with E-state index >= 15 is 0 Å². The molecule has 0 spiro atoms. The van der Waals surface area contributed by atoms with Crippen molar-refractivity contribution in [3.05, 3.63) is 94.6 Å². The van der Waals surface area contributed by atoms with Crippen molar-refractivity contribution in [2.75, 3.05) is 4.72 Å². The molecule has 200 valence electrons. The molecule has 1 fully saturated rings. The number of benzene rings is 2. The van der Waals surface area contributed by atoms with Gasteiger partial charge in [0.25, 0.3) is 0 Å². The molecule has 0 saturated heterocycles. The molecular weight excluding hydrogens is 528 g/mol. The number of carbonyl (C=O) groups is 2. The number of carbonyl (C=O) groups excluding carboxylic acids is 2. The van der Waals surface area contributed by atoms with E-state index in [9.17, 15) is 18.0 Å². The van der Waals surface area contributed by atoms with Crippen molar-refractivity contribution in [2.24, 2.45) is 0 Å². The summed E-state index contributed by atoms with van der Waals surface area (Å²) in [5, 5.41) is 8.37. The Labute approximate surface area is 225 Å². The Morgan fingerprint density at radius 3 is 2.39 bits per heavy atom. The van der Waals surface area contributed by atoms with Crippen LogP contribution in [0.3, 0.4) is 0 Å². The van der Waals surface area contributed by atoms with Gasteiger partial charge in [-0.3, -0.25) is 14.1 Å². The summed E-state index contributed by atoms with van der Waals surface area (Å²) in [6, 6.07) is 14.3. The summed E-state index contributed by atoms with van der Waals surface area (Å²) in [6.07, 6.45) is 3.00. The van der Waals surface area contributed by atoms with Crippen LogP contribution < -0.4 is 15.4 Å². The molecular formula is C26H28N4O6S2. The van der Waals surface area contributed by atoms with Gasteiger partial charge in [0.1, 0.15) is 11.0 Å². The van der Waals surface area contributed by atoms with Crippen LogP contribution in [-0.2, 0) is 32.7 Å². The molecule has 2 atom stereocenters. The molecule has 1 heterocycles. The maximum absolute atomic E-state index is 13.5. The Morgan fingerprint density at radius 2 is 1.76 bits per heavy atom. The predicted octanol–water partition coefficient (Wildman–Crippen LogP) is 4.12. The first-order valence-corrected chi connectivity index (χ1v) is 14.2. The van der Waals surface area contributed by atoms with E-state index in [1.807, 2.05) is 40.4 Å². The van der Waals surface area contributed by atoms with E-state index in [-0.39, 0.29) is 12.1 Å². The van der Waals surface area contributed by atoms with Gasteiger partial charge >= 0.3 is 16.4 Å². The van der Waals surface area contributed by atoms with Crippen LogP contribution in [0.5, 0.6) is 0 Å². The van der Waals surface area contributed by atoms with Gasteiger partial charge in [-0.05, 0) is 42.5 Å². The molecule has 2 amide bonds. The number of thiazole rings is 1. The lowest BCUT2D eigenvalue weighted by Gasteiger charge is -2.22. The summed E-state index contributed by atoms with van der Waals surface area (Å²) in [7, 11) is -4.39. The van der Waals surface area contributed by atoms with Gasteiger partial charge in [-0.1, -0.05) is 49.0 Å². The lowest BCUT2D eigenvalue weighted by molar-refractivity contribution is -0.123. The second kappa shape index (κ2) is 12.2. The monoisotopic (exact) mass is 556 g/mol. The summed E-state index contributed by atoms with van der Waals surface area (Å²) in [5.74, 6) is 0.0380. The lowest BCUT2D eigenvalue weighted by atomic mass is 10.0. The smallest absolute Gasteiger partial charge is 0.412 e. The van der Waals surface area contributed by atoms with Crippen molar-refractivity contribution in [1.29, 1.82) is 0 Å². The maximum atomic E-state index is 13.5. The van der Waals surface area contributed by atoms with Crippen molar-refractivity contribution in [3.8, 4) is 0 Å². The van der Waals surface area contributed by atoms with Crippen LogP contribution in [0.2, 0.25) is 0 Å². The van der Waals surface area contributed by atoms with Crippen molar-refractivity contribution >= 4 is 39.3 Å². The number of amides is 2. The molecule has 1 aromatic heterocycles. The van der Waals surface area contributed by atoms with E-state index in [2.05, 4.69) is 17.2 Å². The van der Waals surface area contributed by atoms with Crippen molar-refractivity contribution in [2.45, 2.75) is 43.7 Å². The minimum atomic E-state index is -4.39. The number of aromatic nitrogens is 1. The van der Waals surface area contributed by atoms with Gasteiger partial charge in [-0.2, -0.15) is 8.42 Å². The van der Waals surface area contributed by atoms with E-state index in [1.54, 1.807) is 12.1 Å². The molecule has 1 aliphatic carbocycles. The summed E-state index contributed by atoms with van der Waals surface area (Å²) in [4.78, 5) is 30.4. The Hall–Kier alpha value is -3.74. The highest BCUT2D eigenvalue weighted by Gasteiger charge is 2.30. The second-order valence-corrected chi connectivity index (χ2v) is 10.9. The standard InChI is InChI=1S/C26H28N4O6S2/c1-2-36-26(32)29-21(14-17-6-4-3-5-7-17)24(31)27-22(25-28-23(16-37-25)19-10-11-19)15-18-8-12-20(13-9-18)30-38(33,34)35/h2-9,12-13,16,19,21-22,30H,1,10-11,14-15H2,(H,27,31)(H,29,32)(H,33,34,35)/t21-,22-/m0/s1. The minimum absolute atomic E-state index is 0.204. The molecule has 38 heavy (non-hydrogen) atoms. The molecule has 0 aliphatic heterocycles. The lowest BCUT2D eigenvalue weighted by Crippen LogP contribution is -2.49. The fraction of sp³-hybridized carbons (Fsp3) is 0.269. The molecule has 2 aromatic carbocycles. The zero-order valence-electron chi connectivity index (χ0n) is 20.4. The summed E-state index contributed by atoms with van der Waals surface area (Å²) in [5.41, 5.74) is 2.87. The number of hydrogen-bond acceptors (Lipinski definition) is 7. The molecule has 1 saturated carbocycles. The first-order chi connectivity index (χ1) is 18.2. The van der Waals surface area contributed by atoms with Crippen molar-refractivity contribution in [1.82, 2.24) is 15.6 Å². The number of rotatable bonds is 12. The summed E-state index contributed by atoms with van der Waals surface area (Å²) < 4.78 is 38.0. The largest absolute Gasteiger partial charge is 0.419 e. The molecule has 4 N–H and O–H groups in total. The van der Waals surface area contributed by atoms with Crippen molar-refractivity contribution < 1.29 is 27.3 Å². The molecule has 0 bridgehead atoms. The van der Waals surface area contributed by atoms with Gasteiger partial charge in [0.05, 0.1) is 23.7 Å². The van der Waals surface area contributed by atoms with E-state index in [0.29, 0.717) is 12.3 Å². The second-order valence-electron chi connectivity index (χ2n) is 8.88. The number of nitrogens with one attached hydrogen (secondary N) is 3.